The van der Waals surface area contributed by atoms with Gasteiger partial charge in [0.2, 0.25) is 0 Å². The second-order valence-electron chi connectivity index (χ2n) is 24.8. The van der Waals surface area contributed by atoms with Gasteiger partial charge in [-0.1, -0.05) is 0 Å². The Hall–Kier alpha value is -7.11. The van der Waals surface area contributed by atoms with Gasteiger partial charge in [0.25, 0.3) is 0 Å². The summed E-state index contributed by atoms with van der Waals surface area (Å²) in [6.07, 6.45) is 5.56. The van der Waals surface area contributed by atoms with Crippen LogP contribution in [0.1, 0.15) is 112 Å². The van der Waals surface area contributed by atoms with E-state index in [9.17, 15) is 7.53 Å². The molecule has 2 unspecified atom stereocenters. The molecule has 15 rings (SSSR count). The molecule has 10 aromatic carbocycles. The van der Waals surface area contributed by atoms with Gasteiger partial charge < -0.3 is 0 Å². The van der Waals surface area contributed by atoms with E-state index in [1.54, 1.807) is 0 Å². The molecule has 392 valence electrons. The van der Waals surface area contributed by atoms with E-state index >= 15 is 0 Å². The van der Waals surface area contributed by atoms with Crippen LogP contribution in [0.2, 0.25) is 0 Å². The second kappa shape index (κ2) is 17.2. The van der Waals surface area contributed by atoms with E-state index in [1.165, 1.54) is 140 Å². The van der Waals surface area contributed by atoms with Crippen LogP contribution < -0.4 is 25.1 Å². The molecule has 0 fully saturated rings. The van der Waals surface area contributed by atoms with E-state index in [0.717, 1.165) is 22.3 Å². The van der Waals surface area contributed by atoms with Crippen LogP contribution in [0, 0.1) is 83.1 Å². The molecule has 5 aliphatic rings. The van der Waals surface area contributed by atoms with Crippen molar-refractivity contribution in [2.75, 3.05) is 0 Å². The molecule has 2 atom stereocenters. The van der Waals surface area contributed by atoms with Crippen LogP contribution in [0.4, 0.5) is 0 Å². The van der Waals surface area contributed by atoms with Gasteiger partial charge >= 0.3 is 482 Å². The molecular formula is C76H68Ge2O2. The molecule has 4 heteroatoms. The summed E-state index contributed by atoms with van der Waals surface area (Å²) < 4.78 is 22.8. The van der Waals surface area contributed by atoms with Crippen LogP contribution in [0.15, 0.2) is 182 Å². The molecule has 0 saturated carbocycles. The second-order valence-corrected chi connectivity index (χ2v) is 38.9. The van der Waals surface area contributed by atoms with Crippen molar-refractivity contribution in [2.24, 2.45) is 0 Å². The van der Waals surface area contributed by atoms with Gasteiger partial charge in [-0.05, 0) is 0 Å². The summed E-state index contributed by atoms with van der Waals surface area (Å²) in [4.78, 5) is 0. The Labute approximate surface area is 479 Å². The first-order valence-corrected chi connectivity index (χ1v) is 37.0. The number of hydrogen-bond acceptors (Lipinski definition) is 2. The molecule has 2 aliphatic heterocycles. The molecule has 2 heterocycles. The zero-order valence-corrected chi connectivity index (χ0v) is 52.5. The Morgan fingerprint density at radius 3 is 0.775 bits per heavy atom. The standard InChI is InChI=1S/C76H68Ge2O2/c1-43-35-47(5)69(48(6)36-43)77(70-49(7)37-44(2)38-50(70)8)75(61-29-19-15-23-55(61)56-24-16-20-30-62(56)75)65-33-34-66-68-67(65)73(79-77)59-27-13-14-28-60(59)74(68)80-78(71-51(9)39-45(3)40-52(71)10,72-53(11)41-46(4)42-54(72)12)76(66)63-31-21-17-25-57(63)58-26-18-22-32-64(58)76/h13-42,65-66H,1-12H3. The Morgan fingerprint density at radius 1 is 0.300 bits per heavy atom. The Balaban J connectivity index is 1.21. The van der Waals surface area contributed by atoms with Crippen LogP contribution in [0.5, 0.6) is 11.5 Å². The third-order valence-corrected chi connectivity index (χ3v) is 42.9. The van der Waals surface area contributed by atoms with Crippen LogP contribution in [-0.4, -0.2) is 27.2 Å². The van der Waals surface area contributed by atoms with E-state index in [0.29, 0.717) is 0 Å². The average molecular weight is 1160 g/mol. The van der Waals surface area contributed by atoms with Gasteiger partial charge in [-0.3, -0.25) is 0 Å². The van der Waals surface area contributed by atoms with E-state index < -0.39 is 35.7 Å². The first kappa shape index (κ1) is 49.9. The zero-order chi connectivity index (χ0) is 55.1. The first-order valence-electron chi connectivity index (χ1n) is 29.0. The number of benzene rings is 10. The molecule has 0 N–H and O–H groups in total. The molecule has 0 bridgehead atoms. The van der Waals surface area contributed by atoms with Crippen molar-refractivity contribution < 1.29 is 7.53 Å². The molecule has 80 heavy (non-hydrogen) atoms. The molecule has 0 saturated heterocycles. The third-order valence-electron chi connectivity index (χ3n) is 20.0. The van der Waals surface area contributed by atoms with Gasteiger partial charge in [0.05, 0.1) is 0 Å². The summed E-state index contributed by atoms with van der Waals surface area (Å²) in [5.74, 6) is 1.83. The van der Waals surface area contributed by atoms with Crippen LogP contribution >= 0.6 is 0 Å². The molecule has 0 aromatic heterocycles. The molecule has 2 nitrogen and oxygen atoms in total. The van der Waals surface area contributed by atoms with Crippen molar-refractivity contribution >= 4 is 55.6 Å². The van der Waals surface area contributed by atoms with Crippen molar-refractivity contribution in [1.82, 2.24) is 0 Å². The summed E-state index contributed by atoms with van der Waals surface area (Å²) in [5, 5.41) is 2.28. The number of allylic oxidation sites excluding steroid dienone is 2. The van der Waals surface area contributed by atoms with Crippen LogP contribution in [0.25, 0.3) is 33.0 Å². The fourth-order valence-corrected chi connectivity index (χ4v) is 44.9. The van der Waals surface area contributed by atoms with E-state index in [1.807, 2.05) is 0 Å². The molecule has 3 aliphatic carbocycles. The monoisotopic (exact) mass is 1160 g/mol. The van der Waals surface area contributed by atoms with Crippen molar-refractivity contribution in [3.8, 4) is 33.8 Å². The quantitative estimate of drug-likeness (QED) is 0.129. The Bertz CT molecular complexity index is 3860. The fraction of sp³-hybridized carbons (Fsp3) is 0.211. The fourth-order valence-electron chi connectivity index (χ4n) is 18.4. The summed E-state index contributed by atoms with van der Waals surface area (Å²) in [6, 6.07) is 66.8. The van der Waals surface area contributed by atoms with Crippen LogP contribution in [0.3, 0.4) is 0 Å². The maximum absolute atomic E-state index is 9.21. The van der Waals surface area contributed by atoms with Gasteiger partial charge in [-0.2, -0.15) is 0 Å². The van der Waals surface area contributed by atoms with Crippen molar-refractivity contribution in [3.63, 3.8) is 0 Å². The molecule has 2 spiro atoms. The molecular weight excluding hydrogens is 1090 g/mol. The maximum atomic E-state index is 9.21. The minimum atomic E-state index is -4.70. The normalized spacial score (nSPS) is 18.3. The van der Waals surface area contributed by atoms with Gasteiger partial charge in [-0.25, -0.2) is 0 Å². The zero-order valence-electron chi connectivity index (χ0n) is 48.3. The van der Waals surface area contributed by atoms with Crippen LogP contribution in [-0.2, 0) is 8.49 Å². The van der Waals surface area contributed by atoms with Gasteiger partial charge in [0.15, 0.2) is 0 Å². The number of aryl methyl sites for hydroxylation is 12. The number of hydrogen-bond donors (Lipinski definition) is 0. The molecule has 0 amide bonds. The predicted octanol–water partition coefficient (Wildman–Crippen LogP) is 15.6. The Morgan fingerprint density at radius 2 is 0.525 bits per heavy atom. The number of fused-ring (bicyclic) bond motifs is 15. The molecule has 10 aromatic rings. The number of rotatable bonds is 4. The van der Waals surface area contributed by atoms with Gasteiger partial charge in [0.1, 0.15) is 0 Å². The first-order chi connectivity index (χ1) is 38.6. The minimum absolute atomic E-state index is 0.135. The summed E-state index contributed by atoms with van der Waals surface area (Å²) in [5.41, 5.74) is 29.1. The summed E-state index contributed by atoms with van der Waals surface area (Å²) in [6.45, 7) is 28.2. The van der Waals surface area contributed by atoms with Crippen molar-refractivity contribution in [2.45, 2.75) is 103 Å². The van der Waals surface area contributed by atoms with Crippen molar-refractivity contribution in [3.05, 3.63) is 282 Å². The SMILES string of the molecule is Cc1cc(C)[c]([Ge]2([c]3c(C)cc(C)cc3C)[O]c3c4c5c(c6ccccc36)[O][Ge]([c]3c(C)cc(C)cc3C)([c]3c(C)cc(C)cc3C)[C]3(c6ccccc6-c6ccccc63)C5C=CC4[C]23c2ccccc2-c2ccccc23)c(C)c1. The summed E-state index contributed by atoms with van der Waals surface area (Å²) in [7, 11) is 0. The average Bonchev–Trinajstić information content (AvgIpc) is 2.85. The Kier molecular flexibility index (Phi) is 10.7. The van der Waals surface area contributed by atoms with Gasteiger partial charge in [-0.15, -0.1) is 0 Å². The van der Waals surface area contributed by atoms with E-state index in [-0.39, 0.29) is 11.8 Å². The summed E-state index contributed by atoms with van der Waals surface area (Å²) >= 11 is -9.40. The van der Waals surface area contributed by atoms with E-state index in [4.69, 9.17) is 0 Å². The van der Waals surface area contributed by atoms with Gasteiger partial charge in [0, 0.05) is 0 Å². The predicted molar refractivity (Wildman–Crippen MR) is 338 cm³/mol. The van der Waals surface area contributed by atoms with E-state index in [2.05, 4.69) is 265 Å². The topological polar surface area (TPSA) is 18.5 Å². The molecule has 0 radical (unpaired) electrons. The van der Waals surface area contributed by atoms with Crippen molar-refractivity contribution in [1.29, 1.82) is 0 Å². The third kappa shape index (κ3) is 5.97.